The fourth-order valence-corrected chi connectivity index (χ4v) is 5.11. The molecular formula is C36H38BrNO6. The average molecular weight is 661 g/mol. The van der Waals surface area contributed by atoms with E-state index in [-0.39, 0.29) is 6.42 Å². The molecule has 0 saturated carbocycles. The molecule has 0 radical (unpaired) electrons. The highest BCUT2D eigenvalue weighted by molar-refractivity contribution is 9.10. The Kier molecular flexibility index (Phi) is 12.2. The van der Waals surface area contributed by atoms with Crippen molar-refractivity contribution in [3.63, 3.8) is 0 Å². The molecular weight excluding hydrogens is 622 g/mol. The van der Waals surface area contributed by atoms with Crippen molar-refractivity contribution in [2.75, 3.05) is 13.7 Å². The number of halogens is 1. The average Bonchev–Trinajstić information content (AvgIpc) is 3.04. The SMILES string of the molecule is CCCCCCCOc1ccc(Br)cc1C(=O)NC(Cc1ccc(-c2ccccc2Oc2ccc(OC)cc2)cc1)C(=O)O. The van der Waals surface area contributed by atoms with E-state index < -0.39 is 17.9 Å². The number of unbranched alkanes of at least 4 members (excludes halogenated alkanes) is 4. The largest absolute Gasteiger partial charge is 0.497 e. The van der Waals surface area contributed by atoms with Crippen LogP contribution in [0, 0.1) is 0 Å². The van der Waals surface area contributed by atoms with Crippen LogP contribution < -0.4 is 19.5 Å². The minimum Gasteiger partial charge on any atom is -0.497 e. The first-order chi connectivity index (χ1) is 21.4. The van der Waals surface area contributed by atoms with E-state index in [1.165, 1.54) is 12.8 Å². The Balaban J connectivity index is 1.43. The minimum absolute atomic E-state index is 0.118. The lowest BCUT2D eigenvalue weighted by Gasteiger charge is -2.17. The highest BCUT2D eigenvalue weighted by atomic mass is 79.9. The smallest absolute Gasteiger partial charge is 0.326 e. The molecule has 4 rings (SSSR count). The number of carboxylic acid groups (broad SMARTS) is 1. The first-order valence-electron chi connectivity index (χ1n) is 14.8. The molecule has 0 aliphatic heterocycles. The van der Waals surface area contributed by atoms with Crippen LogP contribution in [0.2, 0.25) is 0 Å². The van der Waals surface area contributed by atoms with Crippen LogP contribution in [0.5, 0.6) is 23.0 Å². The molecule has 1 unspecified atom stereocenters. The third-order valence-corrected chi connectivity index (χ3v) is 7.67. The summed E-state index contributed by atoms with van der Waals surface area (Å²) < 4.78 is 18.0. The number of rotatable bonds is 16. The normalized spacial score (nSPS) is 11.4. The molecule has 4 aromatic carbocycles. The molecule has 0 heterocycles. The van der Waals surface area contributed by atoms with Gasteiger partial charge in [-0.3, -0.25) is 4.79 Å². The maximum absolute atomic E-state index is 13.3. The summed E-state index contributed by atoms with van der Waals surface area (Å²) in [5, 5.41) is 12.7. The number of carboxylic acids is 1. The molecule has 0 bridgehead atoms. The van der Waals surface area contributed by atoms with Crippen molar-refractivity contribution in [3.8, 4) is 34.1 Å². The van der Waals surface area contributed by atoms with E-state index in [2.05, 4.69) is 28.2 Å². The van der Waals surface area contributed by atoms with Crippen molar-refractivity contribution in [2.24, 2.45) is 0 Å². The van der Waals surface area contributed by atoms with E-state index in [4.69, 9.17) is 14.2 Å². The number of carbonyl (C=O) groups excluding carboxylic acids is 1. The van der Waals surface area contributed by atoms with Gasteiger partial charge in [0.2, 0.25) is 0 Å². The number of benzene rings is 4. The molecule has 0 aromatic heterocycles. The number of aliphatic carboxylic acids is 1. The topological polar surface area (TPSA) is 94.1 Å². The van der Waals surface area contributed by atoms with Gasteiger partial charge in [-0.15, -0.1) is 0 Å². The summed E-state index contributed by atoms with van der Waals surface area (Å²) in [5.74, 6) is 0.936. The van der Waals surface area contributed by atoms with Crippen LogP contribution in [0.1, 0.15) is 54.9 Å². The molecule has 44 heavy (non-hydrogen) atoms. The van der Waals surface area contributed by atoms with Crippen LogP contribution in [0.3, 0.4) is 0 Å². The predicted octanol–water partition coefficient (Wildman–Crippen LogP) is 8.69. The van der Waals surface area contributed by atoms with E-state index in [1.807, 2.05) is 72.8 Å². The van der Waals surface area contributed by atoms with Crippen molar-refractivity contribution in [1.82, 2.24) is 5.32 Å². The number of ether oxygens (including phenoxy) is 3. The van der Waals surface area contributed by atoms with Crippen LogP contribution in [-0.4, -0.2) is 36.7 Å². The Morgan fingerprint density at radius 3 is 2.25 bits per heavy atom. The standard InChI is InChI=1S/C36H38BrNO6/c1-3-4-5-6-9-22-43-33-21-16-27(37)24-31(33)35(39)38-32(36(40)41)23-25-12-14-26(15-13-25)30-10-7-8-11-34(30)44-29-19-17-28(42-2)18-20-29/h7-8,10-21,24,32H,3-6,9,22-23H2,1-2H3,(H,38,39)(H,40,41). The molecule has 4 aromatic rings. The number of para-hydroxylation sites is 1. The first kappa shape index (κ1) is 32.6. The van der Waals surface area contributed by atoms with Gasteiger partial charge in [-0.2, -0.15) is 0 Å². The molecule has 0 aliphatic carbocycles. The van der Waals surface area contributed by atoms with Gasteiger partial charge in [-0.05, 0) is 66.1 Å². The Hall–Kier alpha value is -4.30. The van der Waals surface area contributed by atoms with Gasteiger partial charge in [0.05, 0.1) is 19.3 Å². The zero-order valence-corrected chi connectivity index (χ0v) is 26.6. The summed E-state index contributed by atoms with van der Waals surface area (Å²) in [6.45, 7) is 2.67. The Bertz CT molecular complexity index is 1520. The van der Waals surface area contributed by atoms with Crippen molar-refractivity contribution >= 4 is 27.8 Å². The van der Waals surface area contributed by atoms with Gasteiger partial charge >= 0.3 is 5.97 Å². The van der Waals surface area contributed by atoms with Crippen molar-refractivity contribution in [1.29, 1.82) is 0 Å². The van der Waals surface area contributed by atoms with Crippen LogP contribution in [-0.2, 0) is 11.2 Å². The van der Waals surface area contributed by atoms with Crippen LogP contribution in [0.4, 0.5) is 0 Å². The van der Waals surface area contributed by atoms with Gasteiger partial charge < -0.3 is 24.6 Å². The summed E-state index contributed by atoms with van der Waals surface area (Å²) in [5.41, 5.74) is 2.88. The molecule has 2 N–H and O–H groups in total. The zero-order valence-electron chi connectivity index (χ0n) is 25.1. The molecule has 0 saturated heterocycles. The monoisotopic (exact) mass is 659 g/mol. The maximum atomic E-state index is 13.3. The second-order valence-electron chi connectivity index (χ2n) is 10.4. The summed E-state index contributed by atoms with van der Waals surface area (Å²) in [7, 11) is 1.62. The van der Waals surface area contributed by atoms with E-state index in [1.54, 1.807) is 25.3 Å². The number of carbonyl (C=O) groups is 2. The molecule has 0 fully saturated rings. The van der Waals surface area contributed by atoms with Crippen LogP contribution in [0.25, 0.3) is 11.1 Å². The van der Waals surface area contributed by atoms with Crippen LogP contribution >= 0.6 is 15.9 Å². The van der Waals surface area contributed by atoms with Crippen molar-refractivity contribution in [3.05, 3.63) is 107 Å². The Morgan fingerprint density at radius 2 is 1.55 bits per heavy atom. The third kappa shape index (κ3) is 9.35. The van der Waals surface area contributed by atoms with E-state index in [0.29, 0.717) is 33.9 Å². The maximum Gasteiger partial charge on any atom is 0.326 e. The molecule has 0 aliphatic rings. The molecule has 1 amide bonds. The number of hydrogen-bond acceptors (Lipinski definition) is 5. The van der Waals surface area contributed by atoms with E-state index in [9.17, 15) is 14.7 Å². The summed E-state index contributed by atoms with van der Waals surface area (Å²) >= 11 is 3.41. The molecule has 8 heteroatoms. The van der Waals surface area contributed by atoms with E-state index in [0.717, 1.165) is 41.7 Å². The summed E-state index contributed by atoms with van der Waals surface area (Å²) in [6.07, 6.45) is 5.58. The summed E-state index contributed by atoms with van der Waals surface area (Å²) in [6, 6.07) is 26.7. The second-order valence-corrected chi connectivity index (χ2v) is 11.4. The number of amides is 1. The highest BCUT2D eigenvalue weighted by Crippen LogP contribution is 2.34. The number of hydrogen-bond donors (Lipinski definition) is 2. The third-order valence-electron chi connectivity index (χ3n) is 7.17. The Morgan fingerprint density at radius 1 is 0.841 bits per heavy atom. The van der Waals surface area contributed by atoms with E-state index >= 15 is 0 Å². The van der Waals surface area contributed by atoms with Gasteiger partial charge in [0.25, 0.3) is 5.91 Å². The lowest BCUT2D eigenvalue weighted by molar-refractivity contribution is -0.139. The lowest BCUT2D eigenvalue weighted by atomic mass is 9.99. The molecule has 7 nitrogen and oxygen atoms in total. The summed E-state index contributed by atoms with van der Waals surface area (Å²) in [4.78, 5) is 25.5. The van der Waals surface area contributed by atoms with Gasteiger partial charge in [0, 0.05) is 16.5 Å². The second kappa shape index (κ2) is 16.5. The number of nitrogens with one attached hydrogen (secondary N) is 1. The molecule has 0 spiro atoms. The predicted molar refractivity (Wildman–Crippen MR) is 176 cm³/mol. The van der Waals surface area contributed by atoms with Crippen molar-refractivity contribution < 1.29 is 28.9 Å². The highest BCUT2D eigenvalue weighted by Gasteiger charge is 2.23. The fraction of sp³-hybridized carbons (Fsp3) is 0.278. The van der Waals surface area contributed by atoms with Gasteiger partial charge in [0.1, 0.15) is 29.0 Å². The number of methoxy groups -OCH3 is 1. The van der Waals surface area contributed by atoms with Gasteiger partial charge in [0.15, 0.2) is 0 Å². The Labute approximate surface area is 267 Å². The quantitative estimate of drug-likeness (QED) is 0.117. The molecule has 230 valence electrons. The van der Waals surface area contributed by atoms with Crippen molar-refractivity contribution in [2.45, 2.75) is 51.5 Å². The minimum atomic E-state index is -1.13. The van der Waals surface area contributed by atoms with Gasteiger partial charge in [-0.25, -0.2) is 4.79 Å². The first-order valence-corrected chi connectivity index (χ1v) is 15.6. The lowest BCUT2D eigenvalue weighted by Crippen LogP contribution is -2.42. The van der Waals surface area contributed by atoms with Crippen LogP contribution in [0.15, 0.2) is 95.5 Å². The fourth-order valence-electron chi connectivity index (χ4n) is 4.75. The molecule has 1 atom stereocenters. The zero-order chi connectivity index (χ0) is 31.3. The van der Waals surface area contributed by atoms with Gasteiger partial charge in [-0.1, -0.05) is 91.0 Å².